The molecule has 2 aliphatic heterocycles. The normalized spacial score (nSPS) is 17.1. The molecule has 0 unspecified atom stereocenters. The molecule has 2 N–H and O–H groups in total. The highest BCUT2D eigenvalue weighted by Gasteiger charge is 2.19. The SMILES string of the molecule is CC(=O)N1CCN(Cc2cccc(-c3ccc4c(c3)NC(=O)NC4)c2)CC1. The Bertz CT molecular complexity index is 872. The van der Waals surface area contributed by atoms with Gasteiger partial charge in [0.05, 0.1) is 0 Å². The topological polar surface area (TPSA) is 64.7 Å². The van der Waals surface area contributed by atoms with Gasteiger partial charge in [-0.1, -0.05) is 30.3 Å². The van der Waals surface area contributed by atoms with Crippen LogP contribution in [0, 0.1) is 0 Å². The third kappa shape index (κ3) is 3.95. The van der Waals surface area contributed by atoms with Crippen LogP contribution in [0.3, 0.4) is 0 Å². The van der Waals surface area contributed by atoms with Crippen molar-refractivity contribution in [3.63, 3.8) is 0 Å². The Morgan fingerprint density at radius 3 is 2.59 bits per heavy atom. The van der Waals surface area contributed by atoms with Gasteiger partial charge in [0.15, 0.2) is 0 Å². The number of anilines is 1. The molecule has 2 aliphatic rings. The summed E-state index contributed by atoms with van der Waals surface area (Å²) in [6.45, 7) is 6.49. The third-order valence-corrected chi connectivity index (χ3v) is 5.28. The molecule has 0 aliphatic carbocycles. The van der Waals surface area contributed by atoms with Crippen LogP contribution in [0.5, 0.6) is 0 Å². The van der Waals surface area contributed by atoms with E-state index in [1.165, 1.54) is 5.56 Å². The van der Waals surface area contributed by atoms with Crippen molar-refractivity contribution in [1.29, 1.82) is 0 Å². The van der Waals surface area contributed by atoms with Crippen LogP contribution < -0.4 is 10.6 Å². The first-order valence-electron chi connectivity index (χ1n) is 9.33. The summed E-state index contributed by atoms with van der Waals surface area (Å²) >= 11 is 0. The van der Waals surface area contributed by atoms with Crippen LogP contribution in [0.2, 0.25) is 0 Å². The van der Waals surface area contributed by atoms with Gasteiger partial charge < -0.3 is 15.5 Å². The molecule has 6 heteroatoms. The van der Waals surface area contributed by atoms with E-state index in [1.807, 2.05) is 11.0 Å². The van der Waals surface area contributed by atoms with E-state index in [0.29, 0.717) is 6.54 Å². The first-order valence-corrected chi connectivity index (χ1v) is 9.33. The molecule has 3 amide bonds. The van der Waals surface area contributed by atoms with Gasteiger partial charge >= 0.3 is 6.03 Å². The number of hydrogen-bond donors (Lipinski definition) is 2. The highest BCUT2D eigenvalue weighted by Crippen LogP contribution is 2.28. The molecule has 0 atom stereocenters. The maximum atomic E-state index is 11.6. The molecule has 2 heterocycles. The van der Waals surface area contributed by atoms with Crippen molar-refractivity contribution in [2.75, 3.05) is 31.5 Å². The minimum atomic E-state index is -0.155. The van der Waals surface area contributed by atoms with E-state index in [4.69, 9.17) is 0 Å². The lowest BCUT2D eigenvalue weighted by atomic mass is 9.99. The number of carbonyl (C=O) groups is 2. The largest absolute Gasteiger partial charge is 0.340 e. The molecule has 140 valence electrons. The van der Waals surface area contributed by atoms with Crippen molar-refractivity contribution in [1.82, 2.24) is 15.1 Å². The maximum absolute atomic E-state index is 11.6. The first kappa shape index (κ1) is 17.5. The van der Waals surface area contributed by atoms with Crippen molar-refractivity contribution in [2.45, 2.75) is 20.0 Å². The lowest BCUT2D eigenvalue weighted by Gasteiger charge is -2.34. The molecule has 6 nitrogen and oxygen atoms in total. The molecule has 1 saturated heterocycles. The lowest BCUT2D eigenvalue weighted by Crippen LogP contribution is -2.47. The van der Waals surface area contributed by atoms with E-state index in [9.17, 15) is 9.59 Å². The highest BCUT2D eigenvalue weighted by atomic mass is 16.2. The number of nitrogens with one attached hydrogen (secondary N) is 2. The zero-order valence-electron chi connectivity index (χ0n) is 15.5. The number of rotatable bonds is 3. The standard InChI is InChI=1S/C21H24N4O2/c1-15(26)25-9-7-24(8-10-25)14-16-3-2-4-17(11-16)18-5-6-19-13-22-21(27)23-20(19)12-18/h2-6,11-12H,7-10,13-14H2,1H3,(H2,22,23,27). The number of nitrogens with zero attached hydrogens (tertiary/aromatic N) is 2. The zero-order chi connectivity index (χ0) is 18.8. The number of fused-ring (bicyclic) bond motifs is 1. The molecule has 0 saturated carbocycles. The van der Waals surface area contributed by atoms with Gasteiger partial charge in [-0.2, -0.15) is 0 Å². The van der Waals surface area contributed by atoms with Gasteiger partial charge in [0.1, 0.15) is 0 Å². The molecule has 0 bridgehead atoms. The second kappa shape index (κ2) is 7.40. The van der Waals surface area contributed by atoms with Gasteiger partial charge in [-0.15, -0.1) is 0 Å². The summed E-state index contributed by atoms with van der Waals surface area (Å²) in [6, 6.07) is 14.6. The summed E-state index contributed by atoms with van der Waals surface area (Å²) in [4.78, 5) is 27.3. The third-order valence-electron chi connectivity index (χ3n) is 5.28. The van der Waals surface area contributed by atoms with Crippen molar-refractivity contribution < 1.29 is 9.59 Å². The average molecular weight is 364 g/mol. The summed E-state index contributed by atoms with van der Waals surface area (Å²) in [6.07, 6.45) is 0. The minimum Gasteiger partial charge on any atom is -0.340 e. The predicted octanol–water partition coefficient (Wildman–Crippen LogP) is 2.65. The van der Waals surface area contributed by atoms with Crippen molar-refractivity contribution >= 4 is 17.6 Å². The number of piperazine rings is 1. The van der Waals surface area contributed by atoms with Gasteiger partial charge in [-0.05, 0) is 34.4 Å². The maximum Gasteiger partial charge on any atom is 0.319 e. The predicted molar refractivity (Wildman–Crippen MR) is 105 cm³/mol. The Balaban J connectivity index is 1.48. The summed E-state index contributed by atoms with van der Waals surface area (Å²) < 4.78 is 0. The smallest absolute Gasteiger partial charge is 0.319 e. The molecule has 2 aromatic carbocycles. The monoisotopic (exact) mass is 364 g/mol. The molecule has 2 aromatic rings. The first-order chi connectivity index (χ1) is 13.1. The van der Waals surface area contributed by atoms with Gasteiger partial charge in [0, 0.05) is 51.9 Å². The molecular formula is C21H24N4O2. The molecule has 0 aromatic heterocycles. The zero-order valence-corrected chi connectivity index (χ0v) is 15.5. The van der Waals surface area contributed by atoms with E-state index in [-0.39, 0.29) is 11.9 Å². The molecule has 0 spiro atoms. The van der Waals surface area contributed by atoms with E-state index in [0.717, 1.165) is 55.1 Å². The van der Waals surface area contributed by atoms with Gasteiger partial charge in [0.2, 0.25) is 5.91 Å². The van der Waals surface area contributed by atoms with Crippen LogP contribution >= 0.6 is 0 Å². The Hall–Kier alpha value is -2.86. The van der Waals surface area contributed by atoms with Crippen molar-refractivity contribution in [2.24, 2.45) is 0 Å². The van der Waals surface area contributed by atoms with Crippen LogP contribution in [-0.4, -0.2) is 47.9 Å². The Labute approximate surface area is 159 Å². The Morgan fingerprint density at radius 2 is 1.81 bits per heavy atom. The van der Waals surface area contributed by atoms with Gasteiger partial charge in [0.25, 0.3) is 0 Å². The minimum absolute atomic E-state index is 0.155. The number of benzene rings is 2. The second-order valence-electron chi connectivity index (χ2n) is 7.16. The van der Waals surface area contributed by atoms with E-state index in [2.05, 4.69) is 51.9 Å². The summed E-state index contributed by atoms with van der Waals surface area (Å²) in [5.41, 5.74) is 5.47. The van der Waals surface area contributed by atoms with Crippen LogP contribution in [0.4, 0.5) is 10.5 Å². The number of carbonyl (C=O) groups excluding carboxylic acids is 2. The molecular weight excluding hydrogens is 340 g/mol. The average Bonchev–Trinajstić information content (AvgIpc) is 2.68. The summed E-state index contributed by atoms with van der Waals surface area (Å²) in [5.74, 6) is 0.159. The highest BCUT2D eigenvalue weighted by molar-refractivity contribution is 5.93. The van der Waals surface area contributed by atoms with Gasteiger partial charge in [-0.25, -0.2) is 4.79 Å². The summed E-state index contributed by atoms with van der Waals surface area (Å²) in [5, 5.41) is 5.66. The van der Waals surface area contributed by atoms with E-state index >= 15 is 0 Å². The molecule has 1 fully saturated rings. The fourth-order valence-corrected chi connectivity index (χ4v) is 3.70. The number of amides is 3. The van der Waals surface area contributed by atoms with Crippen LogP contribution in [0.25, 0.3) is 11.1 Å². The van der Waals surface area contributed by atoms with Crippen LogP contribution in [0.1, 0.15) is 18.1 Å². The van der Waals surface area contributed by atoms with Crippen LogP contribution in [-0.2, 0) is 17.9 Å². The molecule has 27 heavy (non-hydrogen) atoms. The lowest BCUT2D eigenvalue weighted by molar-refractivity contribution is -0.130. The quantitative estimate of drug-likeness (QED) is 0.880. The summed E-state index contributed by atoms with van der Waals surface area (Å²) in [7, 11) is 0. The Kier molecular flexibility index (Phi) is 4.81. The van der Waals surface area contributed by atoms with Crippen molar-refractivity contribution in [3.05, 3.63) is 53.6 Å². The molecule has 0 radical (unpaired) electrons. The fourth-order valence-electron chi connectivity index (χ4n) is 3.70. The van der Waals surface area contributed by atoms with Crippen LogP contribution in [0.15, 0.2) is 42.5 Å². The van der Waals surface area contributed by atoms with E-state index in [1.54, 1.807) is 6.92 Å². The Morgan fingerprint density at radius 1 is 1.04 bits per heavy atom. The number of hydrogen-bond acceptors (Lipinski definition) is 3. The second-order valence-corrected chi connectivity index (χ2v) is 7.16. The molecule has 4 rings (SSSR count). The van der Waals surface area contributed by atoms with Gasteiger partial charge in [-0.3, -0.25) is 9.69 Å². The van der Waals surface area contributed by atoms with Crippen molar-refractivity contribution in [3.8, 4) is 11.1 Å². The van der Waals surface area contributed by atoms with E-state index < -0.39 is 0 Å². The number of urea groups is 1. The fraction of sp³-hybridized carbons (Fsp3) is 0.333.